The lowest BCUT2D eigenvalue weighted by Gasteiger charge is -2.18. The highest BCUT2D eigenvalue weighted by Crippen LogP contribution is 2.15. The summed E-state index contributed by atoms with van der Waals surface area (Å²) < 4.78 is 16.8. The normalized spacial score (nSPS) is 13.2. The molecule has 0 radical (unpaired) electrons. The van der Waals surface area contributed by atoms with Gasteiger partial charge in [0.2, 0.25) is 0 Å². The molecular formula is C77H122O6. The van der Waals surface area contributed by atoms with Gasteiger partial charge >= 0.3 is 17.9 Å². The van der Waals surface area contributed by atoms with Crippen LogP contribution in [0.4, 0.5) is 0 Å². The summed E-state index contributed by atoms with van der Waals surface area (Å²) in [5.41, 5.74) is 0. The number of unbranched alkanes of at least 4 members (excludes halogenated alkanes) is 20. The van der Waals surface area contributed by atoms with Crippen molar-refractivity contribution < 1.29 is 28.6 Å². The first-order valence-corrected chi connectivity index (χ1v) is 33.6. The Morgan fingerprint density at radius 3 is 0.831 bits per heavy atom. The topological polar surface area (TPSA) is 78.9 Å². The first kappa shape index (κ1) is 77.8. The summed E-state index contributed by atoms with van der Waals surface area (Å²) >= 11 is 0. The Labute approximate surface area is 511 Å². The molecule has 1 atom stereocenters. The third-order valence-electron chi connectivity index (χ3n) is 13.7. The molecule has 0 spiro atoms. The van der Waals surface area contributed by atoms with Crippen LogP contribution < -0.4 is 0 Å². The highest BCUT2D eigenvalue weighted by molar-refractivity contribution is 5.71. The first-order valence-electron chi connectivity index (χ1n) is 33.6. The van der Waals surface area contributed by atoms with Crippen LogP contribution in [-0.4, -0.2) is 37.2 Å². The van der Waals surface area contributed by atoms with E-state index in [1.165, 1.54) is 109 Å². The Morgan fingerprint density at radius 2 is 0.494 bits per heavy atom. The van der Waals surface area contributed by atoms with Crippen LogP contribution in [0.2, 0.25) is 0 Å². The lowest BCUT2D eigenvalue weighted by atomic mass is 10.0. The summed E-state index contributed by atoms with van der Waals surface area (Å²) in [5, 5.41) is 0. The molecule has 0 N–H and O–H groups in total. The quantitative estimate of drug-likeness (QED) is 0.0261. The molecule has 0 saturated carbocycles. The van der Waals surface area contributed by atoms with Gasteiger partial charge in [-0.2, -0.15) is 0 Å². The van der Waals surface area contributed by atoms with E-state index in [1.807, 2.05) is 6.08 Å². The van der Waals surface area contributed by atoms with Crippen LogP contribution in [0.1, 0.15) is 278 Å². The summed E-state index contributed by atoms with van der Waals surface area (Å²) in [6, 6.07) is 0. The van der Waals surface area contributed by atoms with Gasteiger partial charge in [-0.1, -0.05) is 287 Å². The molecule has 0 saturated heterocycles. The van der Waals surface area contributed by atoms with Crippen molar-refractivity contribution in [2.24, 2.45) is 0 Å². The molecule has 466 valence electrons. The van der Waals surface area contributed by atoms with E-state index in [0.29, 0.717) is 19.3 Å². The minimum Gasteiger partial charge on any atom is -0.462 e. The lowest BCUT2D eigenvalue weighted by Crippen LogP contribution is -2.30. The third kappa shape index (κ3) is 67.4. The van der Waals surface area contributed by atoms with Crippen molar-refractivity contribution in [3.05, 3.63) is 170 Å². The predicted octanol–water partition coefficient (Wildman–Crippen LogP) is 23.4. The highest BCUT2D eigenvalue weighted by atomic mass is 16.6. The van der Waals surface area contributed by atoms with Gasteiger partial charge in [-0.3, -0.25) is 14.4 Å². The number of hydrogen-bond acceptors (Lipinski definition) is 6. The average molecular weight is 1140 g/mol. The van der Waals surface area contributed by atoms with Gasteiger partial charge in [0.05, 0.1) is 0 Å². The van der Waals surface area contributed by atoms with Gasteiger partial charge in [0.15, 0.2) is 6.10 Å². The van der Waals surface area contributed by atoms with Gasteiger partial charge in [-0.15, -0.1) is 0 Å². The van der Waals surface area contributed by atoms with Crippen molar-refractivity contribution in [2.45, 2.75) is 284 Å². The molecule has 83 heavy (non-hydrogen) atoms. The molecule has 0 aliphatic rings. The van der Waals surface area contributed by atoms with E-state index in [9.17, 15) is 14.4 Å². The standard InChI is InChI=1S/C77H122O6/c1-4-7-10-13-16-19-22-25-28-31-34-36-37-38-39-41-43-46-49-52-55-58-61-64-67-70-76(79)82-73-74(72-81-75(78)69-66-63-60-57-54-51-48-45-42-33-30-27-24-21-18-15-12-9-6-3)83-77(80)71-68-65-62-59-56-53-50-47-44-40-35-32-29-26-23-20-17-14-11-8-5-2/h8-9,11-12,17-18,20-22,25-27,29-31,34-35,40,42,45,47,50-51,54,56,59-60,63,74H,4-7,10,13-16,19,23-24,28,32-33,36-39,41,43-44,46,48-49,52-53,55,57-58,61-62,64-73H2,1-3H3/b11-8-,12-9-,20-17-,21-18-,25-22-,29-26-,30-27-,34-31-,40-35-,45-42-,50-47-,54-51-,59-56-,63-60-. The molecule has 0 rings (SSSR count). The number of rotatable bonds is 59. The van der Waals surface area contributed by atoms with Crippen LogP contribution in [0.15, 0.2) is 170 Å². The molecular weight excluding hydrogens is 1020 g/mol. The molecule has 0 aliphatic heterocycles. The van der Waals surface area contributed by atoms with E-state index in [0.717, 1.165) is 116 Å². The second-order valence-electron chi connectivity index (χ2n) is 21.6. The SMILES string of the molecule is CC/C=C\C/C=C\C/C=C\C/C=C\C/C=C\C/C=C\CCCCC(=O)OC(COC(=O)CC/C=C\C/C=C\C/C=C\C/C=C\C/C=C\C/C=C\CC)COC(=O)CCCCCCCCCCCCCCC/C=C\C/C=C\CCCCCCC. The smallest absolute Gasteiger partial charge is 0.306 e. The van der Waals surface area contributed by atoms with Crippen LogP contribution >= 0.6 is 0 Å². The fourth-order valence-corrected chi connectivity index (χ4v) is 8.74. The monoisotopic (exact) mass is 1140 g/mol. The zero-order valence-electron chi connectivity index (χ0n) is 53.4. The van der Waals surface area contributed by atoms with Crippen molar-refractivity contribution in [1.29, 1.82) is 0 Å². The van der Waals surface area contributed by atoms with Crippen molar-refractivity contribution in [1.82, 2.24) is 0 Å². The molecule has 0 aromatic heterocycles. The van der Waals surface area contributed by atoms with Crippen LogP contribution in [0.5, 0.6) is 0 Å². The Morgan fingerprint density at radius 1 is 0.253 bits per heavy atom. The fraction of sp³-hybridized carbons (Fsp3) is 0.597. The number of esters is 3. The van der Waals surface area contributed by atoms with Gasteiger partial charge in [0.1, 0.15) is 13.2 Å². The molecule has 6 heteroatoms. The number of carbonyl (C=O) groups excluding carboxylic acids is 3. The largest absolute Gasteiger partial charge is 0.462 e. The fourth-order valence-electron chi connectivity index (χ4n) is 8.74. The van der Waals surface area contributed by atoms with Gasteiger partial charge in [0.25, 0.3) is 0 Å². The van der Waals surface area contributed by atoms with E-state index in [1.54, 1.807) is 0 Å². The van der Waals surface area contributed by atoms with Crippen molar-refractivity contribution in [3.63, 3.8) is 0 Å². The molecule has 0 heterocycles. The molecule has 1 unspecified atom stereocenters. The van der Waals surface area contributed by atoms with Gasteiger partial charge in [-0.25, -0.2) is 0 Å². The Hall–Kier alpha value is -5.23. The molecule has 0 amide bonds. The second kappa shape index (κ2) is 69.3. The average Bonchev–Trinajstić information content (AvgIpc) is 3.50. The molecule has 0 aliphatic carbocycles. The maximum atomic E-state index is 12.9. The summed E-state index contributed by atoms with van der Waals surface area (Å²) in [6.45, 7) is 6.31. The number of allylic oxidation sites excluding steroid dienone is 28. The van der Waals surface area contributed by atoms with E-state index in [2.05, 4.69) is 185 Å². The first-order chi connectivity index (χ1) is 41.0. The van der Waals surface area contributed by atoms with Crippen LogP contribution in [0.25, 0.3) is 0 Å². The van der Waals surface area contributed by atoms with E-state index >= 15 is 0 Å². The van der Waals surface area contributed by atoms with Crippen LogP contribution in [0, 0.1) is 0 Å². The molecule has 0 fully saturated rings. The second-order valence-corrected chi connectivity index (χ2v) is 21.6. The van der Waals surface area contributed by atoms with Gasteiger partial charge < -0.3 is 14.2 Å². The number of hydrogen-bond donors (Lipinski definition) is 0. The third-order valence-corrected chi connectivity index (χ3v) is 13.7. The Balaban J connectivity index is 4.55. The molecule has 6 nitrogen and oxygen atoms in total. The lowest BCUT2D eigenvalue weighted by molar-refractivity contribution is -0.166. The van der Waals surface area contributed by atoms with Crippen LogP contribution in [0.3, 0.4) is 0 Å². The number of carbonyl (C=O) groups is 3. The highest BCUT2D eigenvalue weighted by Gasteiger charge is 2.19. The molecule has 0 aromatic carbocycles. The summed E-state index contributed by atoms with van der Waals surface area (Å²) in [5.74, 6) is -1.06. The summed E-state index contributed by atoms with van der Waals surface area (Å²) in [4.78, 5) is 38.4. The maximum Gasteiger partial charge on any atom is 0.306 e. The number of ether oxygens (including phenoxy) is 3. The summed E-state index contributed by atoms with van der Waals surface area (Å²) in [7, 11) is 0. The minimum atomic E-state index is -0.843. The van der Waals surface area contributed by atoms with Gasteiger partial charge in [0, 0.05) is 19.3 Å². The van der Waals surface area contributed by atoms with Crippen molar-refractivity contribution in [3.8, 4) is 0 Å². The van der Waals surface area contributed by atoms with Crippen molar-refractivity contribution >= 4 is 17.9 Å². The Bertz CT molecular complexity index is 1890. The van der Waals surface area contributed by atoms with E-state index < -0.39 is 6.10 Å². The van der Waals surface area contributed by atoms with Gasteiger partial charge in [-0.05, 0) is 141 Å². The molecule has 0 aromatic rings. The maximum absolute atomic E-state index is 12.9. The minimum absolute atomic E-state index is 0.127. The van der Waals surface area contributed by atoms with Crippen molar-refractivity contribution in [2.75, 3.05) is 13.2 Å². The van der Waals surface area contributed by atoms with E-state index in [-0.39, 0.29) is 44.0 Å². The van der Waals surface area contributed by atoms with E-state index in [4.69, 9.17) is 14.2 Å². The molecule has 0 bridgehead atoms. The van der Waals surface area contributed by atoms with Crippen LogP contribution in [-0.2, 0) is 28.6 Å². The predicted molar refractivity (Wildman–Crippen MR) is 361 cm³/mol. The zero-order chi connectivity index (χ0) is 59.9. The summed E-state index contributed by atoms with van der Waals surface area (Å²) in [6.07, 6.45) is 102. The Kier molecular flexibility index (Phi) is 64.9. The zero-order valence-corrected chi connectivity index (χ0v) is 53.4.